The monoisotopic (exact) mass is 286 g/mol. The first kappa shape index (κ1) is 15.5. The Morgan fingerprint density at radius 3 is 2.81 bits per heavy atom. The molecule has 1 aliphatic heterocycles. The summed E-state index contributed by atoms with van der Waals surface area (Å²) in [5.41, 5.74) is 7.11. The maximum Gasteiger partial charge on any atom is 0.238 e. The lowest BCUT2D eigenvalue weighted by Crippen LogP contribution is -2.49. The number of anilines is 1. The standard InChI is InChI=1S/C16H22N4O/c1-12-6-7-20(15(8-12)10-18)11-16(21)19-14-4-2-13(9-17)3-5-14/h2-5,12,15H,6-8,10-11,18H2,1H3,(H,19,21). The van der Waals surface area contributed by atoms with Crippen molar-refractivity contribution in [3.05, 3.63) is 29.8 Å². The molecule has 0 saturated carbocycles. The van der Waals surface area contributed by atoms with Crippen LogP contribution in [0.25, 0.3) is 0 Å². The number of likely N-dealkylation sites (tertiary alicyclic amines) is 1. The second-order valence-corrected chi connectivity index (χ2v) is 5.73. The number of carbonyl (C=O) groups excluding carboxylic acids is 1. The zero-order chi connectivity index (χ0) is 15.2. The van der Waals surface area contributed by atoms with E-state index >= 15 is 0 Å². The van der Waals surface area contributed by atoms with Crippen LogP contribution in [0.15, 0.2) is 24.3 Å². The molecule has 5 nitrogen and oxygen atoms in total. The van der Waals surface area contributed by atoms with Gasteiger partial charge in [-0.2, -0.15) is 5.26 Å². The first-order chi connectivity index (χ1) is 10.1. The Labute approximate surface area is 125 Å². The van der Waals surface area contributed by atoms with Crippen molar-refractivity contribution in [2.75, 3.05) is 25.0 Å². The van der Waals surface area contributed by atoms with Crippen LogP contribution in [0.1, 0.15) is 25.3 Å². The molecular weight excluding hydrogens is 264 g/mol. The third kappa shape index (κ3) is 4.28. The van der Waals surface area contributed by atoms with E-state index in [1.807, 2.05) is 0 Å². The van der Waals surface area contributed by atoms with Gasteiger partial charge in [-0.1, -0.05) is 6.92 Å². The van der Waals surface area contributed by atoms with Gasteiger partial charge in [0.15, 0.2) is 0 Å². The predicted molar refractivity (Wildman–Crippen MR) is 82.6 cm³/mol. The summed E-state index contributed by atoms with van der Waals surface area (Å²) in [6.45, 7) is 4.11. The first-order valence-electron chi connectivity index (χ1n) is 7.36. The predicted octanol–water partition coefficient (Wildman–Crippen LogP) is 1.56. The van der Waals surface area contributed by atoms with E-state index in [0.29, 0.717) is 36.3 Å². The molecule has 112 valence electrons. The molecule has 5 heteroatoms. The summed E-state index contributed by atoms with van der Waals surface area (Å²) in [7, 11) is 0. The molecule has 0 aromatic heterocycles. The summed E-state index contributed by atoms with van der Waals surface area (Å²) >= 11 is 0. The van der Waals surface area contributed by atoms with Crippen LogP contribution in [0.2, 0.25) is 0 Å². The highest BCUT2D eigenvalue weighted by Gasteiger charge is 2.26. The topological polar surface area (TPSA) is 82.2 Å². The molecule has 0 bridgehead atoms. The lowest BCUT2D eigenvalue weighted by Gasteiger charge is -2.37. The van der Waals surface area contributed by atoms with Crippen LogP contribution in [0.3, 0.4) is 0 Å². The summed E-state index contributed by atoms with van der Waals surface area (Å²) in [6, 6.07) is 9.23. The van der Waals surface area contributed by atoms with Crippen molar-refractivity contribution in [3.63, 3.8) is 0 Å². The minimum atomic E-state index is -0.0345. The van der Waals surface area contributed by atoms with Crippen LogP contribution in [0, 0.1) is 17.2 Å². The number of nitriles is 1. The van der Waals surface area contributed by atoms with Gasteiger partial charge in [-0.25, -0.2) is 0 Å². The van der Waals surface area contributed by atoms with Crippen molar-refractivity contribution in [3.8, 4) is 6.07 Å². The van der Waals surface area contributed by atoms with Crippen molar-refractivity contribution in [1.29, 1.82) is 5.26 Å². The lowest BCUT2D eigenvalue weighted by molar-refractivity contribution is -0.118. The molecule has 21 heavy (non-hydrogen) atoms. The summed E-state index contributed by atoms with van der Waals surface area (Å²) in [5.74, 6) is 0.643. The molecule has 1 aromatic rings. The van der Waals surface area contributed by atoms with E-state index in [2.05, 4.69) is 23.2 Å². The van der Waals surface area contributed by atoms with Crippen LogP contribution in [-0.4, -0.2) is 36.5 Å². The van der Waals surface area contributed by atoms with Crippen LogP contribution in [-0.2, 0) is 4.79 Å². The second kappa shape index (κ2) is 7.21. The minimum absolute atomic E-state index is 0.0345. The van der Waals surface area contributed by atoms with Crippen molar-refractivity contribution in [2.45, 2.75) is 25.8 Å². The first-order valence-corrected chi connectivity index (χ1v) is 7.36. The third-order valence-corrected chi connectivity index (χ3v) is 4.02. The Bertz CT molecular complexity index is 520. The second-order valence-electron chi connectivity index (χ2n) is 5.73. The summed E-state index contributed by atoms with van der Waals surface area (Å²) in [4.78, 5) is 14.3. The normalized spacial score (nSPS) is 22.5. The van der Waals surface area contributed by atoms with E-state index in [0.717, 1.165) is 19.4 Å². The molecule has 1 aliphatic rings. The highest BCUT2D eigenvalue weighted by Crippen LogP contribution is 2.21. The Morgan fingerprint density at radius 2 is 2.19 bits per heavy atom. The fraction of sp³-hybridized carbons (Fsp3) is 0.500. The Balaban J connectivity index is 1.90. The summed E-state index contributed by atoms with van der Waals surface area (Å²) in [6.07, 6.45) is 2.17. The number of amides is 1. The minimum Gasteiger partial charge on any atom is -0.329 e. The van der Waals surface area contributed by atoms with Crippen LogP contribution in [0.5, 0.6) is 0 Å². The SMILES string of the molecule is CC1CCN(CC(=O)Nc2ccc(C#N)cc2)C(CN)C1. The van der Waals surface area contributed by atoms with Gasteiger partial charge in [0.05, 0.1) is 18.2 Å². The number of nitrogens with one attached hydrogen (secondary N) is 1. The zero-order valence-corrected chi connectivity index (χ0v) is 12.4. The fourth-order valence-electron chi connectivity index (χ4n) is 2.77. The van der Waals surface area contributed by atoms with Crippen LogP contribution in [0.4, 0.5) is 5.69 Å². The number of rotatable bonds is 4. The van der Waals surface area contributed by atoms with Crippen molar-refractivity contribution >= 4 is 11.6 Å². The smallest absolute Gasteiger partial charge is 0.238 e. The molecule has 0 radical (unpaired) electrons. The molecule has 1 saturated heterocycles. The lowest BCUT2D eigenvalue weighted by atomic mass is 9.92. The van der Waals surface area contributed by atoms with Gasteiger partial charge in [-0.3, -0.25) is 9.69 Å². The number of hydrogen-bond donors (Lipinski definition) is 2. The third-order valence-electron chi connectivity index (χ3n) is 4.02. The summed E-state index contributed by atoms with van der Waals surface area (Å²) in [5, 5.41) is 11.6. The largest absolute Gasteiger partial charge is 0.329 e. The van der Waals surface area contributed by atoms with Crippen molar-refractivity contribution < 1.29 is 4.79 Å². The van der Waals surface area contributed by atoms with E-state index in [9.17, 15) is 4.79 Å². The van der Waals surface area contributed by atoms with Gasteiger partial charge >= 0.3 is 0 Å². The van der Waals surface area contributed by atoms with Gasteiger partial charge in [0.25, 0.3) is 0 Å². The quantitative estimate of drug-likeness (QED) is 0.880. The number of nitrogens with two attached hydrogens (primary N) is 1. The zero-order valence-electron chi connectivity index (χ0n) is 12.4. The Hall–Kier alpha value is -1.90. The number of piperidine rings is 1. The molecular formula is C16H22N4O. The summed E-state index contributed by atoms with van der Waals surface area (Å²) < 4.78 is 0. The number of carbonyl (C=O) groups is 1. The molecule has 0 spiro atoms. The van der Waals surface area contributed by atoms with Gasteiger partial charge in [0.1, 0.15) is 0 Å². The van der Waals surface area contributed by atoms with Gasteiger partial charge < -0.3 is 11.1 Å². The van der Waals surface area contributed by atoms with E-state index in [4.69, 9.17) is 11.0 Å². The van der Waals surface area contributed by atoms with Gasteiger partial charge in [0, 0.05) is 18.3 Å². The van der Waals surface area contributed by atoms with Gasteiger partial charge in [0.2, 0.25) is 5.91 Å². The van der Waals surface area contributed by atoms with E-state index in [1.54, 1.807) is 24.3 Å². The van der Waals surface area contributed by atoms with Crippen molar-refractivity contribution in [1.82, 2.24) is 4.90 Å². The molecule has 2 unspecified atom stereocenters. The Morgan fingerprint density at radius 1 is 1.48 bits per heavy atom. The van der Waals surface area contributed by atoms with E-state index in [1.165, 1.54) is 0 Å². The fourth-order valence-corrected chi connectivity index (χ4v) is 2.77. The molecule has 0 aliphatic carbocycles. The molecule has 1 heterocycles. The molecule has 1 fully saturated rings. The molecule has 2 atom stereocenters. The van der Waals surface area contributed by atoms with Gasteiger partial charge in [-0.15, -0.1) is 0 Å². The van der Waals surface area contributed by atoms with E-state index in [-0.39, 0.29) is 5.91 Å². The number of benzene rings is 1. The molecule has 1 amide bonds. The molecule has 1 aromatic carbocycles. The average Bonchev–Trinajstić information content (AvgIpc) is 2.49. The Kier molecular flexibility index (Phi) is 5.32. The average molecular weight is 286 g/mol. The van der Waals surface area contributed by atoms with Gasteiger partial charge in [-0.05, 0) is 49.6 Å². The van der Waals surface area contributed by atoms with Crippen molar-refractivity contribution in [2.24, 2.45) is 11.7 Å². The van der Waals surface area contributed by atoms with Crippen LogP contribution < -0.4 is 11.1 Å². The highest BCUT2D eigenvalue weighted by atomic mass is 16.2. The number of hydrogen-bond acceptors (Lipinski definition) is 4. The maximum atomic E-state index is 12.1. The maximum absolute atomic E-state index is 12.1. The molecule has 2 rings (SSSR count). The molecule has 3 N–H and O–H groups in total. The number of nitrogens with zero attached hydrogens (tertiary/aromatic N) is 2. The highest BCUT2D eigenvalue weighted by molar-refractivity contribution is 5.92. The van der Waals surface area contributed by atoms with Crippen LogP contribution >= 0.6 is 0 Å². The van der Waals surface area contributed by atoms with E-state index < -0.39 is 0 Å².